The summed E-state index contributed by atoms with van der Waals surface area (Å²) in [6.45, 7) is 2.01. The number of furan rings is 1. The van der Waals surface area contributed by atoms with Gasteiger partial charge in [0.25, 0.3) is 0 Å². The number of benzene rings is 2. The standard InChI is InChI=1S/C19H13ClN4O2S/c1-10-12-5-3-4-6-14(12)26-16(10)17-21-22-19-24(17)23-18(27-19)11-7-8-15(25-2)13(20)9-11/h3-9H,1-2H3. The Balaban J connectivity index is 1.65. The summed E-state index contributed by atoms with van der Waals surface area (Å²) in [6, 6.07) is 13.5. The molecule has 0 radical (unpaired) electrons. The van der Waals surface area contributed by atoms with Crippen LogP contribution in [0.1, 0.15) is 5.56 Å². The number of para-hydroxylation sites is 1. The molecule has 0 atom stereocenters. The van der Waals surface area contributed by atoms with E-state index in [4.69, 9.17) is 20.8 Å². The highest BCUT2D eigenvalue weighted by Crippen LogP contribution is 2.35. The van der Waals surface area contributed by atoms with Crippen LogP contribution in [-0.4, -0.2) is 26.9 Å². The molecule has 6 nitrogen and oxygen atoms in total. The molecule has 0 fully saturated rings. The van der Waals surface area contributed by atoms with Gasteiger partial charge in [0.05, 0.1) is 12.1 Å². The van der Waals surface area contributed by atoms with Crippen molar-refractivity contribution in [1.82, 2.24) is 19.8 Å². The van der Waals surface area contributed by atoms with Crippen LogP contribution in [0.2, 0.25) is 5.02 Å². The van der Waals surface area contributed by atoms with Crippen LogP contribution >= 0.6 is 22.9 Å². The normalized spacial score (nSPS) is 11.5. The summed E-state index contributed by atoms with van der Waals surface area (Å²) in [5.74, 6) is 1.89. The summed E-state index contributed by atoms with van der Waals surface area (Å²) in [5, 5.41) is 15.6. The average Bonchev–Trinajstić information content (AvgIpc) is 3.35. The fourth-order valence-electron chi connectivity index (χ4n) is 3.06. The molecule has 27 heavy (non-hydrogen) atoms. The number of nitrogens with zero attached hydrogens (tertiary/aromatic N) is 4. The van der Waals surface area contributed by atoms with Gasteiger partial charge in [0.2, 0.25) is 10.8 Å². The van der Waals surface area contributed by atoms with Crippen molar-refractivity contribution in [2.24, 2.45) is 0 Å². The molecule has 8 heteroatoms. The van der Waals surface area contributed by atoms with Gasteiger partial charge in [-0.05, 0) is 31.2 Å². The van der Waals surface area contributed by atoms with Crippen molar-refractivity contribution in [1.29, 1.82) is 0 Å². The Labute approximate surface area is 163 Å². The Bertz CT molecular complexity index is 1300. The second-order valence-electron chi connectivity index (χ2n) is 6.03. The number of halogens is 1. The zero-order valence-corrected chi connectivity index (χ0v) is 16.0. The first-order chi connectivity index (χ1) is 13.2. The first-order valence-electron chi connectivity index (χ1n) is 8.20. The Kier molecular flexibility index (Phi) is 3.66. The molecule has 3 aromatic heterocycles. The van der Waals surface area contributed by atoms with E-state index in [9.17, 15) is 0 Å². The molecule has 0 amide bonds. The lowest BCUT2D eigenvalue weighted by atomic mass is 10.1. The van der Waals surface area contributed by atoms with Crippen molar-refractivity contribution in [2.75, 3.05) is 7.11 Å². The van der Waals surface area contributed by atoms with E-state index < -0.39 is 0 Å². The maximum atomic E-state index is 6.25. The Morgan fingerprint density at radius 2 is 2.00 bits per heavy atom. The van der Waals surface area contributed by atoms with E-state index in [2.05, 4.69) is 15.3 Å². The molecule has 0 N–H and O–H groups in total. The average molecular weight is 397 g/mol. The molecule has 0 saturated carbocycles. The van der Waals surface area contributed by atoms with Crippen molar-refractivity contribution < 1.29 is 9.15 Å². The molecule has 3 heterocycles. The molecular formula is C19H13ClN4O2S. The lowest BCUT2D eigenvalue weighted by molar-refractivity contribution is 0.415. The third kappa shape index (κ3) is 2.50. The van der Waals surface area contributed by atoms with E-state index in [-0.39, 0.29) is 0 Å². The lowest BCUT2D eigenvalue weighted by Crippen LogP contribution is -1.91. The number of rotatable bonds is 3. The molecule has 0 unspecified atom stereocenters. The van der Waals surface area contributed by atoms with Gasteiger partial charge in [-0.2, -0.15) is 9.61 Å². The fraction of sp³-hybridized carbons (Fsp3) is 0.105. The number of fused-ring (bicyclic) bond motifs is 2. The fourth-order valence-corrected chi connectivity index (χ4v) is 4.16. The van der Waals surface area contributed by atoms with Crippen molar-refractivity contribution in [3.63, 3.8) is 0 Å². The summed E-state index contributed by atoms with van der Waals surface area (Å²) in [5.41, 5.74) is 2.73. The second-order valence-corrected chi connectivity index (χ2v) is 7.39. The van der Waals surface area contributed by atoms with Crippen LogP contribution in [0.5, 0.6) is 5.75 Å². The van der Waals surface area contributed by atoms with Gasteiger partial charge in [-0.3, -0.25) is 0 Å². The number of hydrogen-bond acceptors (Lipinski definition) is 6. The van der Waals surface area contributed by atoms with E-state index in [1.54, 1.807) is 11.6 Å². The molecule has 5 rings (SSSR count). The smallest absolute Gasteiger partial charge is 0.235 e. The zero-order valence-electron chi connectivity index (χ0n) is 14.4. The second kappa shape index (κ2) is 6.07. The van der Waals surface area contributed by atoms with E-state index in [1.165, 1.54) is 11.3 Å². The number of hydrogen-bond donors (Lipinski definition) is 0. The molecule has 0 aliphatic heterocycles. The zero-order chi connectivity index (χ0) is 18.5. The largest absolute Gasteiger partial charge is 0.495 e. The van der Waals surface area contributed by atoms with Crippen molar-refractivity contribution in [2.45, 2.75) is 6.92 Å². The Hall–Kier alpha value is -2.90. The summed E-state index contributed by atoms with van der Waals surface area (Å²) in [6.07, 6.45) is 0. The monoisotopic (exact) mass is 396 g/mol. The third-order valence-electron chi connectivity index (χ3n) is 4.44. The first-order valence-corrected chi connectivity index (χ1v) is 9.40. The van der Waals surface area contributed by atoms with Crippen molar-refractivity contribution in [3.05, 3.63) is 53.1 Å². The molecular weight excluding hydrogens is 384 g/mol. The first kappa shape index (κ1) is 16.3. The maximum Gasteiger partial charge on any atom is 0.235 e. The highest BCUT2D eigenvalue weighted by Gasteiger charge is 2.21. The highest BCUT2D eigenvalue weighted by atomic mass is 35.5. The van der Waals surface area contributed by atoms with E-state index in [0.29, 0.717) is 27.3 Å². The molecule has 0 spiro atoms. The van der Waals surface area contributed by atoms with E-state index >= 15 is 0 Å². The number of methoxy groups -OCH3 is 1. The lowest BCUT2D eigenvalue weighted by Gasteiger charge is -2.03. The molecule has 0 aliphatic carbocycles. The van der Waals surface area contributed by atoms with Crippen molar-refractivity contribution >= 4 is 38.9 Å². The minimum Gasteiger partial charge on any atom is -0.495 e. The Morgan fingerprint density at radius 3 is 2.78 bits per heavy atom. The van der Waals surface area contributed by atoms with Crippen LogP contribution < -0.4 is 4.74 Å². The minimum absolute atomic E-state index is 0.536. The molecule has 2 aromatic carbocycles. The van der Waals surface area contributed by atoms with Gasteiger partial charge in [0.15, 0.2) is 5.76 Å². The van der Waals surface area contributed by atoms with Crippen molar-refractivity contribution in [3.8, 4) is 27.9 Å². The molecule has 134 valence electrons. The Morgan fingerprint density at radius 1 is 1.15 bits per heavy atom. The van der Waals surface area contributed by atoms with Gasteiger partial charge in [-0.25, -0.2) is 0 Å². The highest BCUT2D eigenvalue weighted by molar-refractivity contribution is 7.19. The molecule has 0 saturated heterocycles. The SMILES string of the molecule is COc1ccc(-c2nn3c(-c4oc5ccccc5c4C)nnc3s2)cc1Cl. The van der Waals surface area contributed by atoms with Crippen LogP contribution in [-0.2, 0) is 0 Å². The van der Waals surface area contributed by atoms with Gasteiger partial charge in [-0.15, -0.1) is 10.2 Å². The molecule has 0 aliphatic rings. The van der Waals surface area contributed by atoms with E-state index in [1.807, 2.05) is 49.4 Å². The summed E-state index contributed by atoms with van der Waals surface area (Å²) in [4.78, 5) is 0.687. The van der Waals surface area contributed by atoms with E-state index in [0.717, 1.165) is 27.1 Å². The van der Waals surface area contributed by atoms with Gasteiger partial charge in [0.1, 0.15) is 16.3 Å². The number of aryl methyl sites for hydroxylation is 1. The van der Waals surface area contributed by atoms with Crippen LogP contribution in [0.15, 0.2) is 46.9 Å². The van der Waals surface area contributed by atoms with Crippen LogP contribution in [0.4, 0.5) is 0 Å². The van der Waals surface area contributed by atoms with Gasteiger partial charge in [0, 0.05) is 16.5 Å². The van der Waals surface area contributed by atoms with Crippen LogP contribution in [0, 0.1) is 6.92 Å². The third-order valence-corrected chi connectivity index (χ3v) is 5.68. The molecule has 5 aromatic rings. The maximum absolute atomic E-state index is 6.25. The quantitative estimate of drug-likeness (QED) is 0.417. The summed E-state index contributed by atoms with van der Waals surface area (Å²) >= 11 is 7.69. The predicted octanol–water partition coefficient (Wildman–Crippen LogP) is 5.24. The number of ether oxygens (including phenoxy) is 1. The van der Waals surface area contributed by atoms with Gasteiger partial charge >= 0.3 is 0 Å². The van der Waals surface area contributed by atoms with Gasteiger partial charge < -0.3 is 9.15 Å². The van der Waals surface area contributed by atoms with Gasteiger partial charge in [-0.1, -0.05) is 41.1 Å². The molecule has 0 bridgehead atoms. The number of aromatic nitrogens is 4. The topological polar surface area (TPSA) is 65.5 Å². The summed E-state index contributed by atoms with van der Waals surface area (Å²) in [7, 11) is 1.59. The minimum atomic E-state index is 0.536. The predicted molar refractivity (Wildman–Crippen MR) is 106 cm³/mol. The summed E-state index contributed by atoms with van der Waals surface area (Å²) < 4.78 is 12.9. The van der Waals surface area contributed by atoms with Crippen LogP contribution in [0.25, 0.3) is 38.1 Å². The van der Waals surface area contributed by atoms with Crippen LogP contribution in [0.3, 0.4) is 0 Å².